The zero-order chi connectivity index (χ0) is 23.8. The van der Waals surface area contributed by atoms with E-state index in [1.54, 1.807) is 6.07 Å². The van der Waals surface area contributed by atoms with E-state index in [0.717, 1.165) is 12.1 Å². The van der Waals surface area contributed by atoms with Crippen LogP contribution in [0.1, 0.15) is 25.7 Å². The van der Waals surface area contributed by atoms with Crippen LogP contribution in [0.5, 0.6) is 0 Å². The summed E-state index contributed by atoms with van der Waals surface area (Å²) in [5.41, 5.74) is 5.49. The van der Waals surface area contributed by atoms with E-state index in [0.29, 0.717) is 30.2 Å². The average molecular weight is 477 g/mol. The minimum atomic E-state index is -4.04. The van der Waals surface area contributed by atoms with Gasteiger partial charge in [-0.15, -0.1) is 0 Å². The zero-order valence-electron chi connectivity index (χ0n) is 17.7. The second kappa shape index (κ2) is 8.89. The van der Waals surface area contributed by atoms with Crippen LogP contribution in [0.3, 0.4) is 0 Å². The summed E-state index contributed by atoms with van der Waals surface area (Å²) >= 11 is 0. The van der Waals surface area contributed by atoms with Gasteiger partial charge >= 0.3 is 5.97 Å². The van der Waals surface area contributed by atoms with E-state index in [9.17, 15) is 17.6 Å². The number of carbonyl (C=O) groups excluding carboxylic acids is 1. The molecule has 1 fully saturated rings. The van der Waals surface area contributed by atoms with Crippen molar-refractivity contribution < 1.29 is 26.7 Å². The Hall–Kier alpha value is -3.34. The van der Waals surface area contributed by atoms with E-state index in [1.165, 1.54) is 25.4 Å². The number of halogens is 2. The van der Waals surface area contributed by atoms with Crippen LogP contribution in [-0.2, 0) is 19.6 Å². The molecule has 174 valence electrons. The molecule has 3 aromatic rings. The van der Waals surface area contributed by atoms with Crippen molar-refractivity contribution in [3.05, 3.63) is 48.2 Å². The molecule has 1 heterocycles. The summed E-state index contributed by atoms with van der Waals surface area (Å²) in [5, 5.41) is -0.380. The largest absolute Gasteiger partial charge is 0.469 e. The third kappa shape index (κ3) is 4.58. The maximum absolute atomic E-state index is 15.3. The maximum atomic E-state index is 15.3. The average Bonchev–Trinajstić information content (AvgIpc) is 2.80. The molecule has 2 aromatic carbocycles. The number of nitrogen functional groups attached to an aromatic ring is 1. The number of fused-ring (bicyclic) bond motifs is 1. The van der Waals surface area contributed by atoms with E-state index >= 15 is 4.39 Å². The number of ether oxygens (including phenoxy) is 1. The number of hydrogen-bond donors (Lipinski definition) is 2. The molecule has 11 heteroatoms. The molecule has 1 aliphatic carbocycles. The molecule has 0 radical (unpaired) electrons. The highest BCUT2D eigenvalue weighted by Gasteiger charge is 2.36. The van der Waals surface area contributed by atoms with Crippen LogP contribution in [-0.4, -0.2) is 36.7 Å². The Kier molecular flexibility index (Phi) is 6.15. The summed E-state index contributed by atoms with van der Waals surface area (Å²) in [6.45, 7) is 0. The number of aromatic nitrogens is 2. The van der Waals surface area contributed by atoms with Crippen molar-refractivity contribution in [3.63, 3.8) is 0 Å². The molecule has 0 aliphatic heterocycles. The highest BCUT2D eigenvalue weighted by atomic mass is 32.2. The van der Waals surface area contributed by atoms with Gasteiger partial charge in [-0.1, -0.05) is 12.5 Å². The van der Waals surface area contributed by atoms with E-state index in [1.807, 2.05) is 0 Å². The molecule has 8 nitrogen and oxygen atoms in total. The molecule has 4 rings (SSSR count). The van der Waals surface area contributed by atoms with Crippen LogP contribution < -0.4 is 10.5 Å². The van der Waals surface area contributed by atoms with Crippen molar-refractivity contribution in [2.45, 2.75) is 30.9 Å². The lowest BCUT2D eigenvalue weighted by molar-refractivity contribution is -0.146. The fourth-order valence-corrected chi connectivity index (χ4v) is 5.74. The first kappa shape index (κ1) is 22.8. The Morgan fingerprint density at radius 1 is 1.21 bits per heavy atom. The number of nitrogens with zero attached hydrogens (tertiary/aromatic N) is 2. The van der Waals surface area contributed by atoms with Gasteiger partial charge in [-0.05, 0) is 49.1 Å². The fraction of sp³-hybridized carbons (Fsp3) is 0.318. The summed E-state index contributed by atoms with van der Waals surface area (Å²) in [7, 11) is -2.79. The van der Waals surface area contributed by atoms with Gasteiger partial charge in [0.1, 0.15) is 5.82 Å². The molecule has 33 heavy (non-hydrogen) atoms. The Morgan fingerprint density at radius 2 is 2.00 bits per heavy atom. The maximum Gasteiger partial charge on any atom is 0.308 e. The van der Waals surface area contributed by atoms with Gasteiger partial charge in [0, 0.05) is 11.6 Å². The summed E-state index contributed by atoms with van der Waals surface area (Å²) in [6, 6.07) is 6.55. The number of rotatable bonds is 5. The molecule has 0 amide bonds. The van der Waals surface area contributed by atoms with Crippen LogP contribution in [0.2, 0.25) is 0 Å². The topological polar surface area (TPSA) is 124 Å². The van der Waals surface area contributed by atoms with Crippen molar-refractivity contribution >= 4 is 38.5 Å². The minimum Gasteiger partial charge on any atom is -0.469 e. The van der Waals surface area contributed by atoms with Gasteiger partial charge < -0.3 is 10.5 Å². The van der Waals surface area contributed by atoms with Gasteiger partial charge in [-0.25, -0.2) is 27.2 Å². The molecular weight excluding hydrogens is 454 g/mol. The standard InChI is InChI=1S/C22H22F2N4O4S/c1-32-21(29)13-3-2-4-15(10-13)33(30,31)28-18-8-6-16(23)19(20(18)24)12-5-7-17-14(9-12)11-26-22(25)27-17/h5-9,11,13,15,28H,2-4,10H2,1H3,(H2,25,26,27). The Balaban J connectivity index is 1.66. The number of nitrogens with one attached hydrogen (secondary N) is 1. The lowest BCUT2D eigenvalue weighted by Gasteiger charge is -2.27. The summed E-state index contributed by atoms with van der Waals surface area (Å²) in [6.07, 6.45) is 2.89. The van der Waals surface area contributed by atoms with Crippen LogP contribution >= 0.6 is 0 Å². The number of anilines is 2. The predicted octanol–water partition coefficient (Wildman–Crippen LogP) is 3.63. The first-order chi connectivity index (χ1) is 15.7. The molecule has 1 aromatic heterocycles. The molecular formula is C22H22F2N4O4S. The molecule has 0 spiro atoms. The number of carbonyl (C=O) groups is 1. The molecule has 1 saturated carbocycles. The SMILES string of the molecule is COC(=O)C1CCCC(S(=O)(=O)Nc2ccc(F)c(-c3ccc4nc(N)ncc4c3)c2F)C1. The van der Waals surface area contributed by atoms with Crippen LogP contribution in [0, 0.1) is 17.6 Å². The Morgan fingerprint density at radius 3 is 2.76 bits per heavy atom. The van der Waals surface area contributed by atoms with Crippen molar-refractivity contribution in [3.8, 4) is 11.1 Å². The third-order valence-electron chi connectivity index (χ3n) is 5.83. The molecule has 1 aliphatic rings. The van der Waals surface area contributed by atoms with Gasteiger partial charge in [-0.3, -0.25) is 9.52 Å². The number of nitrogens with two attached hydrogens (primary N) is 1. The van der Waals surface area contributed by atoms with Crippen LogP contribution in [0.4, 0.5) is 20.4 Å². The quantitative estimate of drug-likeness (QED) is 0.539. The van der Waals surface area contributed by atoms with Gasteiger partial charge in [0.15, 0.2) is 5.82 Å². The van der Waals surface area contributed by atoms with E-state index in [2.05, 4.69) is 14.7 Å². The van der Waals surface area contributed by atoms with Crippen LogP contribution in [0.25, 0.3) is 22.0 Å². The molecule has 2 unspecified atom stereocenters. The first-order valence-corrected chi connectivity index (χ1v) is 11.8. The minimum absolute atomic E-state index is 0.0705. The highest BCUT2D eigenvalue weighted by Crippen LogP contribution is 2.35. The van der Waals surface area contributed by atoms with Gasteiger partial charge in [-0.2, -0.15) is 0 Å². The van der Waals surface area contributed by atoms with E-state index in [-0.39, 0.29) is 29.2 Å². The monoisotopic (exact) mass is 476 g/mol. The molecule has 0 bridgehead atoms. The second-order valence-corrected chi connectivity index (χ2v) is 9.90. The van der Waals surface area contributed by atoms with Gasteiger partial charge in [0.25, 0.3) is 0 Å². The third-order valence-corrected chi connectivity index (χ3v) is 7.64. The van der Waals surface area contributed by atoms with Gasteiger partial charge in [0.05, 0.1) is 35.0 Å². The van der Waals surface area contributed by atoms with Crippen molar-refractivity contribution in [1.82, 2.24) is 9.97 Å². The normalized spacial score (nSPS) is 18.8. The van der Waals surface area contributed by atoms with Crippen molar-refractivity contribution in [2.75, 3.05) is 17.6 Å². The van der Waals surface area contributed by atoms with Gasteiger partial charge in [0.2, 0.25) is 16.0 Å². The lowest BCUT2D eigenvalue weighted by Crippen LogP contribution is -2.35. The molecule has 2 atom stereocenters. The number of esters is 1. The fourth-order valence-electron chi connectivity index (χ4n) is 4.14. The molecule has 3 N–H and O–H groups in total. The Labute approximate surface area is 189 Å². The highest BCUT2D eigenvalue weighted by molar-refractivity contribution is 7.93. The van der Waals surface area contributed by atoms with E-state index < -0.39 is 38.8 Å². The smallest absolute Gasteiger partial charge is 0.308 e. The number of hydrogen-bond acceptors (Lipinski definition) is 7. The van der Waals surface area contributed by atoms with Crippen molar-refractivity contribution in [1.29, 1.82) is 0 Å². The Bertz CT molecular complexity index is 1330. The lowest BCUT2D eigenvalue weighted by atomic mass is 9.89. The first-order valence-electron chi connectivity index (χ1n) is 10.3. The zero-order valence-corrected chi connectivity index (χ0v) is 18.5. The molecule has 0 saturated heterocycles. The number of benzene rings is 2. The van der Waals surface area contributed by atoms with E-state index in [4.69, 9.17) is 10.5 Å². The summed E-state index contributed by atoms with van der Waals surface area (Å²) in [5.74, 6) is -2.83. The predicted molar refractivity (Wildman–Crippen MR) is 120 cm³/mol. The second-order valence-electron chi connectivity index (χ2n) is 7.94. The summed E-state index contributed by atoms with van der Waals surface area (Å²) in [4.78, 5) is 19.8. The van der Waals surface area contributed by atoms with Crippen LogP contribution in [0.15, 0.2) is 36.5 Å². The summed E-state index contributed by atoms with van der Waals surface area (Å²) < 4.78 is 62.9. The number of sulfonamides is 1. The van der Waals surface area contributed by atoms with Crippen molar-refractivity contribution in [2.24, 2.45) is 5.92 Å². The number of methoxy groups -OCH3 is 1.